The number of imidazole rings is 1. The van der Waals surface area contributed by atoms with E-state index in [1.165, 1.54) is 18.1 Å². The third-order valence-corrected chi connectivity index (χ3v) is 5.76. The number of carbonyl (C=O) groups excluding carboxylic acids is 2. The summed E-state index contributed by atoms with van der Waals surface area (Å²) in [5, 5.41) is 10.4. The van der Waals surface area contributed by atoms with E-state index in [2.05, 4.69) is 0 Å². The number of aromatic nitrogens is 2. The van der Waals surface area contributed by atoms with E-state index in [1.54, 1.807) is 26.2 Å². The van der Waals surface area contributed by atoms with Gasteiger partial charge < -0.3 is 23.9 Å². The summed E-state index contributed by atoms with van der Waals surface area (Å²) in [6.45, 7) is 2.65. The Hall–Kier alpha value is -3.59. The number of amides is 1. The molecule has 1 amide bonds. The van der Waals surface area contributed by atoms with Crippen molar-refractivity contribution >= 4 is 28.9 Å². The van der Waals surface area contributed by atoms with Gasteiger partial charge in [0, 0.05) is 20.3 Å². The van der Waals surface area contributed by atoms with Gasteiger partial charge in [-0.2, -0.15) is 0 Å². The lowest BCUT2D eigenvalue weighted by molar-refractivity contribution is -0.153. The van der Waals surface area contributed by atoms with Gasteiger partial charge in [0.25, 0.3) is 0 Å². The predicted molar refractivity (Wildman–Crippen MR) is 121 cm³/mol. The van der Waals surface area contributed by atoms with Gasteiger partial charge in [0.05, 0.1) is 30.8 Å². The molecule has 0 unspecified atom stereocenters. The van der Waals surface area contributed by atoms with E-state index < -0.39 is 23.8 Å². The van der Waals surface area contributed by atoms with Crippen LogP contribution in [0.4, 0.5) is 5.95 Å². The number of para-hydroxylation sites is 2. The average Bonchev–Trinajstić information content (AvgIpc) is 3.19. The van der Waals surface area contributed by atoms with Gasteiger partial charge in [-0.15, -0.1) is 0 Å². The van der Waals surface area contributed by atoms with E-state index in [0.717, 1.165) is 5.52 Å². The normalized spacial score (nSPS) is 17.8. The van der Waals surface area contributed by atoms with Crippen LogP contribution in [0.2, 0.25) is 0 Å². The Bertz CT molecular complexity index is 1170. The second kappa shape index (κ2) is 9.50. The summed E-state index contributed by atoms with van der Waals surface area (Å²) in [4.78, 5) is 33.1. The molecular formula is C24H27N3O6. The van der Waals surface area contributed by atoms with E-state index in [1.807, 2.05) is 28.8 Å². The number of methoxy groups -OCH3 is 2. The molecule has 9 nitrogen and oxygen atoms in total. The van der Waals surface area contributed by atoms with E-state index in [4.69, 9.17) is 19.2 Å². The van der Waals surface area contributed by atoms with Crippen molar-refractivity contribution in [2.45, 2.75) is 19.4 Å². The lowest BCUT2D eigenvalue weighted by atomic mass is 9.89. The van der Waals surface area contributed by atoms with E-state index >= 15 is 0 Å². The maximum atomic E-state index is 13.7. The Kier molecular flexibility index (Phi) is 6.50. The molecule has 9 heteroatoms. The highest BCUT2D eigenvalue weighted by atomic mass is 16.5. The van der Waals surface area contributed by atoms with Crippen LogP contribution in [0.25, 0.3) is 11.0 Å². The number of ether oxygens (including phenoxy) is 3. The van der Waals surface area contributed by atoms with Crippen molar-refractivity contribution in [3.05, 3.63) is 48.0 Å². The smallest absolute Gasteiger partial charge is 0.321 e. The molecule has 0 aliphatic carbocycles. The molecule has 1 aromatic heterocycles. The summed E-state index contributed by atoms with van der Waals surface area (Å²) in [6.07, 6.45) is 0.578. The summed E-state index contributed by atoms with van der Waals surface area (Å²) >= 11 is 0. The van der Waals surface area contributed by atoms with Gasteiger partial charge in [-0.1, -0.05) is 18.2 Å². The first-order valence-corrected chi connectivity index (χ1v) is 10.8. The highest BCUT2D eigenvalue weighted by Gasteiger charge is 2.47. The zero-order valence-electron chi connectivity index (χ0n) is 18.9. The van der Waals surface area contributed by atoms with Crippen molar-refractivity contribution in [2.75, 3.05) is 38.9 Å². The van der Waals surface area contributed by atoms with Gasteiger partial charge in [0.1, 0.15) is 0 Å². The fraction of sp³-hybridized carbons (Fsp3) is 0.375. The molecule has 1 aliphatic heterocycles. The number of benzene rings is 2. The van der Waals surface area contributed by atoms with Crippen molar-refractivity contribution in [1.29, 1.82) is 0 Å². The molecule has 0 saturated carbocycles. The Morgan fingerprint density at radius 1 is 1.18 bits per heavy atom. The van der Waals surface area contributed by atoms with Crippen LogP contribution in [0.3, 0.4) is 0 Å². The third kappa shape index (κ3) is 4.00. The van der Waals surface area contributed by atoms with Crippen LogP contribution in [-0.2, 0) is 19.1 Å². The Balaban J connectivity index is 1.94. The molecule has 0 bridgehead atoms. The van der Waals surface area contributed by atoms with Crippen molar-refractivity contribution in [3.8, 4) is 11.5 Å². The molecular weight excluding hydrogens is 426 g/mol. The number of phenols is 1. The molecule has 174 valence electrons. The minimum Gasteiger partial charge on any atom is -0.504 e. The summed E-state index contributed by atoms with van der Waals surface area (Å²) in [7, 11) is 3.06. The van der Waals surface area contributed by atoms with Gasteiger partial charge in [-0.05, 0) is 43.2 Å². The molecule has 2 atom stereocenters. The van der Waals surface area contributed by atoms with Crippen LogP contribution in [0.15, 0.2) is 42.5 Å². The van der Waals surface area contributed by atoms with E-state index in [0.29, 0.717) is 42.4 Å². The zero-order valence-corrected chi connectivity index (χ0v) is 18.9. The zero-order chi connectivity index (χ0) is 23.5. The highest BCUT2D eigenvalue weighted by molar-refractivity contribution is 6.08. The quantitative estimate of drug-likeness (QED) is 0.318. The Morgan fingerprint density at radius 2 is 1.97 bits per heavy atom. The molecule has 2 aromatic carbocycles. The number of rotatable bonds is 8. The standard InChI is InChI=1S/C24H27N3O6/c1-4-33-23(30)20-21(15-10-11-19(32-3)18(28)14-15)27-17-9-6-5-8-16(17)25-24(27)26(22(20)29)12-7-13-31-2/h5-6,8-11,14,20-21,28H,4,7,12-13H2,1-3H3/t20-,21+/m1/s1. The average molecular weight is 453 g/mol. The minimum absolute atomic E-state index is 0.0847. The number of anilines is 1. The van der Waals surface area contributed by atoms with Crippen molar-refractivity contribution in [2.24, 2.45) is 5.92 Å². The minimum atomic E-state index is -1.15. The number of nitrogens with zero attached hydrogens (tertiary/aromatic N) is 3. The Morgan fingerprint density at radius 3 is 2.67 bits per heavy atom. The molecule has 0 spiro atoms. The van der Waals surface area contributed by atoms with Crippen LogP contribution in [-0.4, -0.2) is 60.5 Å². The molecule has 1 N–H and O–H groups in total. The monoisotopic (exact) mass is 453 g/mol. The highest BCUT2D eigenvalue weighted by Crippen LogP contribution is 2.43. The van der Waals surface area contributed by atoms with E-state index in [9.17, 15) is 14.7 Å². The topological polar surface area (TPSA) is 103 Å². The largest absolute Gasteiger partial charge is 0.504 e. The van der Waals surface area contributed by atoms with Crippen molar-refractivity contribution < 1.29 is 28.9 Å². The van der Waals surface area contributed by atoms with Crippen LogP contribution in [0.5, 0.6) is 11.5 Å². The molecule has 3 aromatic rings. The van der Waals surface area contributed by atoms with Crippen LogP contribution in [0, 0.1) is 5.92 Å². The Labute approximate surface area is 191 Å². The molecule has 4 rings (SSSR count). The number of aromatic hydroxyl groups is 1. The summed E-state index contributed by atoms with van der Waals surface area (Å²) in [6, 6.07) is 11.6. The van der Waals surface area contributed by atoms with Gasteiger partial charge in [0.2, 0.25) is 11.9 Å². The first kappa shape index (κ1) is 22.6. The van der Waals surface area contributed by atoms with Gasteiger partial charge in [0.15, 0.2) is 17.4 Å². The number of esters is 1. The second-order valence-electron chi connectivity index (χ2n) is 7.71. The van der Waals surface area contributed by atoms with E-state index in [-0.39, 0.29) is 12.4 Å². The molecule has 0 radical (unpaired) electrons. The van der Waals surface area contributed by atoms with Crippen molar-refractivity contribution in [1.82, 2.24) is 9.55 Å². The first-order valence-electron chi connectivity index (χ1n) is 10.8. The number of carbonyl (C=O) groups is 2. The third-order valence-electron chi connectivity index (χ3n) is 5.76. The van der Waals surface area contributed by atoms with Gasteiger partial charge in [-0.25, -0.2) is 4.98 Å². The molecule has 33 heavy (non-hydrogen) atoms. The molecule has 0 saturated heterocycles. The molecule has 0 fully saturated rings. The van der Waals surface area contributed by atoms with Gasteiger partial charge >= 0.3 is 5.97 Å². The summed E-state index contributed by atoms with van der Waals surface area (Å²) < 4.78 is 17.5. The number of fused-ring (bicyclic) bond motifs is 3. The number of hydrogen-bond donors (Lipinski definition) is 1. The lowest BCUT2D eigenvalue weighted by Gasteiger charge is -2.38. The van der Waals surface area contributed by atoms with Crippen molar-refractivity contribution in [3.63, 3.8) is 0 Å². The van der Waals surface area contributed by atoms with Crippen LogP contribution in [0.1, 0.15) is 24.9 Å². The fourth-order valence-electron chi connectivity index (χ4n) is 4.32. The second-order valence-corrected chi connectivity index (χ2v) is 7.71. The number of hydrogen-bond acceptors (Lipinski definition) is 7. The fourth-order valence-corrected chi connectivity index (χ4v) is 4.32. The summed E-state index contributed by atoms with van der Waals surface area (Å²) in [5.41, 5.74) is 2.04. The SMILES string of the molecule is CCOC(=O)[C@H]1C(=O)N(CCCOC)c2nc3ccccc3n2[C@H]1c1ccc(OC)c(O)c1. The van der Waals surface area contributed by atoms with Crippen LogP contribution >= 0.6 is 0 Å². The van der Waals surface area contributed by atoms with Crippen LogP contribution < -0.4 is 9.64 Å². The maximum Gasteiger partial charge on any atom is 0.321 e. The molecule has 2 heterocycles. The summed E-state index contributed by atoms with van der Waals surface area (Å²) in [5.74, 6) is -1.51. The van der Waals surface area contributed by atoms with Gasteiger partial charge in [-0.3, -0.25) is 14.5 Å². The maximum absolute atomic E-state index is 13.7. The predicted octanol–water partition coefficient (Wildman–Crippen LogP) is 2.90. The first-order chi connectivity index (χ1) is 16.0. The lowest BCUT2D eigenvalue weighted by Crippen LogP contribution is -2.50. The number of phenolic OH excluding ortho intramolecular Hbond substituents is 1. The molecule has 1 aliphatic rings.